The predicted octanol–water partition coefficient (Wildman–Crippen LogP) is 2.59. The minimum Gasteiger partial charge on any atom is -0.417 e. The van der Waals surface area contributed by atoms with Gasteiger partial charge >= 0.3 is 6.36 Å². The Morgan fingerprint density at radius 2 is 1.83 bits per heavy atom. The first-order valence-corrected chi connectivity index (χ1v) is 9.26. The summed E-state index contributed by atoms with van der Waals surface area (Å²) in [5, 5.41) is 7.49. The molecule has 0 bridgehead atoms. The summed E-state index contributed by atoms with van der Waals surface area (Å²) in [5.41, 5.74) is 5.90. The summed E-state index contributed by atoms with van der Waals surface area (Å²) in [6.07, 6.45) is -3.85. The molecule has 2 heterocycles. The van der Waals surface area contributed by atoms with E-state index in [0.29, 0.717) is 0 Å². The van der Waals surface area contributed by atoms with E-state index in [9.17, 15) is 21.6 Å². The van der Waals surface area contributed by atoms with Gasteiger partial charge in [-0.15, -0.1) is 23.4 Å². The third kappa shape index (κ3) is 4.63. The van der Waals surface area contributed by atoms with Crippen LogP contribution >= 0.6 is 0 Å². The topological polar surface area (TPSA) is 130 Å². The number of hydrogen-bond acceptors (Lipinski definition) is 9. The molecule has 2 aromatic heterocycles. The number of alkyl halides is 3. The highest BCUT2D eigenvalue weighted by Crippen LogP contribution is 2.29. The van der Waals surface area contributed by atoms with Crippen molar-refractivity contribution in [3.8, 4) is 17.3 Å². The van der Waals surface area contributed by atoms with Crippen LogP contribution in [0.4, 0.5) is 18.9 Å². The number of nitrogen functional groups attached to an aromatic ring is 1. The summed E-state index contributed by atoms with van der Waals surface area (Å²) < 4.78 is 75.9. The predicted molar refractivity (Wildman–Crippen MR) is 91.2 cm³/mol. The molecule has 3 rings (SSSR count). The molecule has 0 amide bonds. The largest absolute Gasteiger partial charge is 0.573 e. The van der Waals surface area contributed by atoms with E-state index in [-0.39, 0.29) is 39.6 Å². The van der Waals surface area contributed by atoms with E-state index in [0.717, 1.165) is 36.5 Å². The molecule has 3 aromatic rings. The molecular formula is C16H13F3N4O5S. The first-order valence-electron chi connectivity index (χ1n) is 7.78. The van der Waals surface area contributed by atoms with Crippen LogP contribution in [-0.2, 0) is 21.2 Å². The molecule has 0 atom stereocenters. The van der Waals surface area contributed by atoms with Crippen molar-refractivity contribution in [1.29, 1.82) is 0 Å². The fourth-order valence-electron chi connectivity index (χ4n) is 2.27. The van der Waals surface area contributed by atoms with Gasteiger partial charge in [0.1, 0.15) is 12.4 Å². The van der Waals surface area contributed by atoms with Crippen molar-refractivity contribution in [2.75, 3.05) is 12.8 Å². The Hall–Kier alpha value is -3.19. The highest BCUT2D eigenvalue weighted by Gasteiger charge is 2.31. The second-order valence-corrected chi connectivity index (χ2v) is 7.52. The van der Waals surface area contributed by atoms with Crippen molar-refractivity contribution in [2.24, 2.45) is 0 Å². The van der Waals surface area contributed by atoms with Crippen LogP contribution in [0.25, 0.3) is 11.6 Å². The summed E-state index contributed by atoms with van der Waals surface area (Å²) >= 11 is 0. The zero-order valence-electron chi connectivity index (χ0n) is 14.7. The fraction of sp³-hybridized carbons (Fsp3) is 0.188. The monoisotopic (exact) mass is 430 g/mol. The van der Waals surface area contributed by atoms with Gasteiger partial charge in [0.2, 0.25) is 15.7 Å². The molecule has 13 heteroatoms. The van der Waals surface area contributed by atoms with Crippen molar-refractivity contribution in [1.82, 2.24) is 15.2 Å². The normalized spacial score (nSPS) is 12.1. The molecule has 29 heavy (non-hydrogen) atoms. The zero-order valence-corrected chi connectivity index (χ0v) is 15.5. The maximum absolute atomic E-state index is 12.7. The van der Waals surface area contributed by atoms with Gasteiger partial charge < -0.3 is 19.6 Å². The molecule has 0 aliphatic carbocycles. The Kier molecular flexibility index (Phi) is 5.44. The van der Waals surface area contributed by atoms with Crippen LogP contribution in [0.2, 0.25) is 0 Å². The van der Waals surface area contributed by atoms with Crippen molar-refractivity contribution in [2.45, 2.75) is 22.8 Å². The average Bonchev–Trinajstić information content (AvgIpc) is 3.09. The summed E-state index contributed by atoms with van der Waals surface area (Å²) in [6.45, 7) is 0.0768. The van der Waals surface area contributed by atoms with Crippen molar-refractivity contribution in [3.05, 3.63) is 42.4 Å². The van der Waals surface area contributed by atoms with Gasteiger partial charge in [-0.2, -0.15) is 0 Å². The number of nitrogens with zero attached hydrogens (tertiary/aromatic N) is 3. The average molecular weight is 430 g/mol. The quantitative estimate of drug-likeness (QED) is 0.627. The fourth-order valence-corrected chi connectivity index (χ4v) is 3.52. The molecule has 2 N–H and O–H groups in total. The third-order valence-corrected chi connectivity index (χ3v) is 5.24. The SMILES string of the molecule is COCc1nnc(-c2ncc(S(=O)(=O)c3ccc(OC(F)(F)F)cc3)cc2N)o1. The lowest BCUT2D eigenvalue weighted by Gasteiger charge is -2.10. The van der Waals surface area contributed by atoms with Gasteiger partial charge in [-0.3, -0.25) is 0 Å². The number of nitrogens with two attached hydrogens (primary N) is 1. The molecule has 0 aliphatic rings. The van der Waals surface area contributed by atoms with Gasteiger partial charge in [0.25, 0.3) is 5.89 Å². The van der Waals surface area contributed by atoms with Crippen LogP contribution in [0.3, 0.4) is 0 Å². The lowest BCUT2D eigenvalue weighted by Crippen LogP contribution is -2.17. The first kappa shape index (κ1) is 20.5. The Balaban J connectivity index is 1.88. The Morgan fingerprint density at radius 3 is 2.41 bits per heavy atom. The maximum atomic E-state index is 12.7. The van der Waals surface area contributed by atoms with E-state index in [1.807, 2.05) is 0 Å². The minimum atomic E-state index is -4.88. The van der Waals surface area contributed by atoms with E-state index in [4.69, 9.17) is 14.9 Å². The number of rotatable bonds is 6. The van der Waals surface area contributed by atoms with Crippen LogP contribution < -0.4 is 10.5 Å². The number of halogens is 3. The zero-order chi connectivity index (χ0) is 21.2. The second-order valence-electron chi connectivity index (χ2n) is 5.57. The number of methoxy groups -OCH3 is 1. The number of hydrogen-bond donors (Lipinski definition) is 1. The number of benzene rings is 1. The van der Waals surface area contributed by atoms with E-state index in [2.05, 4.69) is 19.9 Å². The van der Waals surface area contributed by atoms with Gasteiger partial charge in [0.05, 0.1) is 15.5 Å². The van der Waals surface area contributed by atoms with Crippen LogP contribution in [0.5, 0.6) is 5.75 Å². The maximum Gasteiger partial charge on any atom is 0.573 e. The van der Waals surface area contributed by atoms with E-state index < -0.39 is 21.9 Å². The van der Waals surface area contributed by atoms with Crippen LogP contribution in [-0.4, -0.2) is 37.1 Å². The smallest absolute Gasteiger partial charge is 0.417 e. The Morgan fingerprint density at radius 1 is 1.14 bits per heavy atom. The van der Waals surface area contributed by atoms with E-state index in [1.165, 1.54) is 7.11 Å². The summed E-state index contributed by atoms with van der Waals surface area (Å²) in [5.74, 6) is -0.388. The number of aromatic nitrogens is 3. The minimum absolute atomic E-state index is 0.0212. The summed E-state index contributed by atoms with van der Waals surface area (Å²) in [7, 11) is -2.65. The van der Waals surface area contributed by atoms with Crippen molar-refractivity contribution >= 4 is 15.5 Å². The van der Waals surface area contributed by atoms with Crippen LogP contribution in [0.1, 0.15) is 5.89 Å². The summed E-state index contributed by atoms with van der Waals surface area (Å²) in [6, 6.07) is 4.88. The highest BCUT2D eigenvalue weighted by molar-refractivity contribution is 7.91. The molecule has 0 aliphatic heterocycles. The molecule has 1 aromatic carbocycles. The molecule has 0 unspecified atom stereocenters. The number of anilines is 1. The van der Waals surface area contributed by atoms with Gasteiger partial charge in [0, 0.05) is 13.3 Å². The van der Waals surface area contributed by atoms with Gasteiger partial charge in [-0.05, 0) is 30.3 Å². The molecule has 0 saturated heterocycles. The lowest BCUT2D eigenvalue weighted by molar-refractivity contribution is -0.274. The van der Waals surface area contributed by atoms with Crippen molar-refractivity contribution < 1.29 is 35.5 Å². The molecule has 0 saturated carbocycles. The van der Waals surface area contributed by atoms with Crippen LogP contribution in [0.15, 0.2) is 50.7 Å². The van der Waals surface area contributed by atoms with Gasteiger partial charge in [-0.1, -0.05) is 0 Å². The van der Waals surface area contributed by atoms with Gasteiger partial charge in [0.15, 0.2) is 5.69 Å². The number of sulfone groups is 1. The van der Waals surface area contributed by atoms with E-state index in [1.54, 1.807) is 0 Å². The molecular weight excluding hydrogens is 417 g/mol. The number of pyridine rings is 1. The molecule has 154 valence electrons. The third-order valence-electron chi connectivity index (χ3n) is 3.51. The standard InChI is InChI=1S/C16H13F3N4O5S/c1-26-8-13-22-23-15(27-13)14-12(20)6-11(7-21-14)29(24,25)10-4-2-9(3-5-10)28-16(17,18)19/h2-7H,8,20H2,1H3. The van der Waals surface area contributed by atoms with Crippen molar-refractivity contribution in [3.63, 3.8) is 0 Å². The Bertz CT molecular complexity index is 1110. The molecule has 0 fully saturated rings. The van der Waals surface area contributed by atoms with E-state index >= 15 is 0 Å². The van der Waals surface area contributed by atoms with Crippen LogP contribution in [0, 0.1) is 0 Å². The first-order chi connectivity index (χ1) is 13.6. The second kappa shape index (κ2) is 7.67. The Labute approximate surface area is 162 Å². The summed E-state index contributed by atoms with van der Waals surface area (Å²) in [4.78, 5) is 3.44. The molecule has 0 spiro atoms. The lowest BCUT2D eigenvalue weighted by atomic mass is 10.3. The highest BCUT2D eigenvalue weighted by atomic mass is 32.2. The number of ether oxygens (including phenoxy) is 2. The molecule has 9 nitrogen and oxygen atoms in total. The van der Waals surface area contributed by atoms with Gasteiger partial charge in [-0.25, -0.2) is 13.4 Å². The molecule has 0 radical (unpaired) electrons.